The summed E-state index contributed by atoms with van der Waals surface area (Å²) in [6, 6.07) is 16.1. The Balaban J connectivity index is 1.51. The smallest absolute Gasteiger partial charge is 0.272 e. The molecule has 0 saturated heterocycles. The van der Waals surface area contributed by atoms with Crippen LogP contribution in [0.25, 0.3) is 0 Å². The van der Waals surface area contributed by atoms with Crippen molar-refractivity contribution in [2.75, 3.05) is 11.9 Å². The number of amides is 2. The summed E-state index contributed by atoms with van der Waals surface area (Å²) in [5.41, 5.74) is 6.58. The molecule has 0 radical (unpaired) electrons. The number of hydrazone groups is 1. The number of rotatable bonds is 7. The first-order valence-corrected chi connectivity index (χ1v) is 9.34. The van der Waals surface area contributed by atoms with Crippen LogP contribution in [-0.4, -0.2) is 29.6 Å². The first-order valence-electron chi connectivity index (χ1n) is 9.34. The maximum atomic E-state index is 12.1. The summed E-state index contributed by atoms with van der Waals surface area (Å²) in [4.78, 5) is 28.0. The highest BCUT2D eigenvalue weighted by Gasteiger charge is 2.06. The Morgan fingerprint density at radius 1 is 1.07 bits per heavy atom. The maximum Gasteiger partial charge on any atom is 0.272 e. The zero-order chi connectivity index (χ0) is 21.3. The number of carbonyl (C=O) groups excluding carboxylic acids is 2. The summed E-state index contributed by atoms with van der Waals surface area (Å²) in [5.74, 6) is -0.0800. The molecular formula is C23H22N4O3. The minimum Gasteiger partial charge on any atom is -0.484 e. The van der Waals surface area contributed by atoms with Gasteiger partial charge in [0.2, 0.25) is 0 Å². The summed E-state index contributed by atoms with van der Waals surface area (Å²) in [5, 5.41) is 6.75. The molecule has 0 aliphatic carbocycles. The van der Waals surface area contributed by atoms with Crippen molar-refractivity contribution in [1.29, 1.82) is 0 Å². The second-order valence-electron chi connectivity index (χ2n) is 6.65. The van der Waals surface area contributed by atoms with Crippen LogP contribution in [0.3, 0.4) is 0 Å². The summed E-state index contributed by atoms with van der Waals surface area (Å²) in [7, 11) is 0. The molecule has 1 aromatic heterocycles. The Kier molecular flexibility index (Phi) is 6.89. The number of nitrogens with one attached hydrogen (secondary N) is 2. The molecule has 1 heterocycles. The highest BCUT2D eigenvalue weighted by molar-refractivity contribution is 5.94. The molecule has 30 heavy (non-hydrogen) atoms. The molecule has 7 nitrogen and oxygen atoms in total. The van der Waals surface area contributed by atoms with E-state index in [0.717, 1.165) is 11.3 Å². The number of carbonyl (C=O) groups is 2. The van der Waals surface area contributed by atoms with Gasteiger partial charge in [-0.2, -0.15) is 5.10 Å². The van der Waals surface area contributed by atoms with Gasteiger partial charge in [-0.1, -0.05) is 18.2 Å². The Bertz CT molecular complexity index is 1070. The summed E-state index contributed by atoms with van der Waals surface area (Å²) < 4.78 is 5.56. The highest BCUT2D eigenvalue weighted by Crippen LogP contribution is 2.15. The van der Waals surface area contributed by atoms with Crippen molar-refractivity contribution in [1.82, 2.24) is 10.4 Å². The van der Waals surface area contributed by atoms with E-state index < -0.39 is 0 Å². The molecule has 0 atom stereocenters. The van der Waals surface area contributed by atoms with E-state index in [1.807, 2.05) is 38.1 Å². The third kappa shape index (κ3) is 6.00. The predicted molar refractivity (Wildman–Crippen MR) is 116 cm³/mol. The third-order valence-corrected chi connectivity index (χ3v) is 4.32. The molecule has 0 spiro atoms. The maximum absolute atomic E-state index is 12.1. The van der Waals surface area contributed by atoms with Gasteiger partial charge in [-0.25, -0.2) is 5.43 Å². The quantitative estimate of drug-likeness (QED) is 0.467. The van der Waals surface area contributed by atoms with Crippen LogP contribution in [0.1, 0.15) is 27.0 Å². The zero-order valence-electron chi connectivity index (χ0n) is 16.8. The van der Waals surface area contributed by atoms with Gasteiger partial charge in [0.25, 0.3) is 11.8 Å². The second kappa shape index (κ2) is 9.97. The van der Waals surface area contributed by atoms with Crippen molar-refractivity contribution < 1.29 is 14.3 Å². The lowest BCUT2D eigenvalue weighted by atomic mass is 10.1. The Labute approximate surface area is 174 Å². The van der Waals surface area contributed by atoms with E-state index in [0.29, 0.717) is 16.9 Å². The van der Waals surface area contributed by atoms with Crippen molar-refractivity contribution in [3.05, 3.63) is 89.2 Å². The summed E-state index contributed by atoms with van der Waals surface area (Å²) in [6.45, 7) is 3.89. The summed E-state index contributed by atoms with van der Waals surface area (Å²) >= 11 is 0. The molecule has 0 aliphatic rings. The van der Waals surface area contributed by atoms with Gasteiger partial charge in [-0.15, -0.1) is 0 Å². The lowest BCUT2D eigenvalue weighted by Crippen LogP contribution is -2.20. The van der Waals surface area contributed by atoms with Crippen molar-refractivity contribution >= 4 is 23.7 Å². The minimum atomic E-state index is -0.352. The summed E-state index contributed by atoms with van der Waals surface area (Å²) in [6.07, 6.45) is 4.55. The number of benzene rings is 2. The number of aromatic nitrogens is 1. The fraction of sp³-hybridized carbons (Fsp3) is 0.130. The molecule has 2 amide bonds. The number of nitrogens with zero attached hydrogens (tertiary/aromatic N) is 2. The molecule has 7 heteroatoms. The average Bonchev–Trinajstić information content (AvgIpc) is 2.76. The van der Waals surface area contributed by atoms with Crippen molar-refractivity contribution in [3.8, 4) is 5.75 Å². The van der Waals surface area contributed by atoms with Crippen molar-refractivity contribution in [2.24, 2.45) is 5.10 Å². The van der Waals surface area contributed by atoms with Gasteiger partial charge < -0.3 is 10.1 Å². The second-order valence-corrected chi connectivity index (χ2v) is 6.65. The molecule has 3 aromatic rings. The molecule has 2 N–H and O–H groups in total. The van der Waals surface area contributed by atoms with E-state index in [1.165, 1.54) is 18.0 Å². The van der Waals surface area contributed by atoms with Gasteiger partial charge in [0.15, 0.2) is 6.61 Å². The lowest BCUT2D eigenvalue weighted by Gasteiger charge is -2.09. The fourth-order valence-corrected chi connectivity index (χ4v) is 2.58. The molecule has 0 unspecified atom stereocenters. The van der Waals surface area contributed by atoms with Crippen LogP contribution >= 0.6 is 0 Å². The number of ether oxygens (including phenoxy) is 1. The fourth-order valence-electron chi connectivity index (χ4n) is 2.58. The third-order valence-electron chi connectivity index (χ3n) is 4.32. The van der Waals surface area contributed by atoms with Crippen LogP contribution in [0.15, 0.2) is 72.1 Å². The number of pyridine rings is 1. The predicted octanol–water partition coefficient (Wildman–Crippen LogP) is 3.48. The first-order chi connectivity index (χ1) is 14.5. The van der Waals surface area contributed by atoms with E-state index in [4.69, 9.17) is 4.74 Å². The molecule has 152 valence electrons. The van der Waals surface area contributed by atoms with Crippen LogP contribution in [0.2, 0.25) is 0 Å². The molecule has 0 fully saturated rings. The minimum absolute atomic E-state index is 0.120. The Hall–Kier alpha value is -4.00. The molecular weight excluding hydrogens is 380 g/mol. The van der Waals surface area contributed by atoms with Gasteiger partial charge in [-0.05, 0) is 66.9 Å². The lowest BCUT2D eigenvalue weighted by molar-refractivity contribution is -0.118. The molecule has 0 saturated carbocycles. The van der Waals surface area contributed by atoms with E-state index in [-0.39, 0.29) is 18.4 Å². The van der Waals surface area contributed by atoms with Crippen molar-refractivity contribution in [2.45, 2.75) is 13.8 Å². The van der Waals surface area contributed by atoms with Crippen LogP contribution in [0.4, 0.5) is 5.69 Å². The van der Waals surface area contributed by atoms with Gasteiger partial charge >= 0.3 is 0 Å². The topological polar surface area (TPSA) is 92.7 Å². The standard InChI is InChI=1S/C23H22N4O3/c1-16-8-9-20(11-17(16)2)26-22(28)15-30-21-7-3-5-18(12-21)13-25-27-23(29)19-6-4-10-24-14-19/h3-14H,15H2,1-2H3,(H,26,28)(H,27,29)/b25-13+. The molecule has 0 aliphatic heterocycles. The average molecular weight is 402 g/mol. The Morgan fingerprint density at radius 2 is 1.93 bits per heavy atom. The van der Waals surface area contributed by atoms with E-state index in [9.17, 15) is 9.59 Å². The SMILES string of the molecule is Cc1ccc(NC(=O)COc2cccc(/C=N/NC(=O)c3cccnc3)c2)cc1C. The van der Waals surface area contributed by atoms with E-state index >= 15 is 0 Å². The largest absolute Gasteiger partial charge is 0.484 e. The van der Waals surface area contributed by atoms with Gasteiger partial charge in [0.05, 0.1) is 11.8 Å². The number of aryl methyl sites for hydroxylation is 2. The monoisotopic (exact) mass is 402 g/mol. The van der Waals surface area contributed by atoms with Gasteiger partial charge in [0, 0.05) is 18.1 Å². The molecule has 2 aromatic carbocycles. The van der Waals surface area contributed by atoms with Gasteiger partial charge in [-0.3, -0.25) is 14.6 Å². The molecule has 0 bridgehead atoms. The van der Waals surface area contributed by atoms with Crippen LogP contribution in [-0.2, 0) is 4.79 Å². The van der Waals surface area contributed by atoms with E-state index in [1.54, 1.807) is 36.5 Å². The number of hydrogen-bond acceptors (Lipinski definition) is 5. The zero-order valence-corrected chi connectivity index (χ0v) is 16.8. The normalized spacial score (nSPS) is 10.6. The van der Waals surface area contributed by atoms with Crippen LogP contribution < -0.4 is 15.5 Å². The van der Waals surface area contributed by atoms with Crippen LogP contribution in [0, 0.1) is 13.8 Å². The van der Waals surface area contributed by atoms with Crippen molar-refractivity contribution in [3.63, 3.8) is 0 Å². The molecule has 3 rings (SSSR count). The van der Waals surface area contributed by atoms with Gasteiger partial charge in [0.1, 0.15) is 5.75 Å². The Morgan fingerprint density at radius 3 is 2.70 bits per heavy atom. The van der Waals surface area contributed by atoms with Crippen LogP contribution in [0.5, 0.6) is 5.75 Å². The number of anilines is 1. The highest BCUT2D eigenvalue weighted by atomic mass is 16.5. The van der Waals surface area contributed by atoms with E-state index in [2.05, 4.69) is 20.8 Å². The first kappa shape index (κ1) is 20.7. The number of hydrogen-bond donors (Lipinski definition) is 2.